The fourth-order valence-electron chi connectivity index (χ4n) is 4.54. The van der Waals surface area contributed by atoms with Gasteiger partial charge in [-0.2, -0.15) is 5.10 Å². The summed E-state index contributed by atoms with van der Waals surface area (Å²) in [5.74, 6) is -0.300. The molecule has 3 aromatic rings. The second-order valence-electron chi connectivity index (χ2n) is 8.89. The van der Waals surface area contributed by atoms with Crippen LogP contribution < -0.4 is 10.2 Å². The van der Waals surface area contributed by atoms with Gasteiger partial charge < -0.3 is 13.8 Å². The Morgan fingerprint density at radius 3 is 2.17 bits per heavy atom. The first-order chi connectivity index (χ1) is 19.3. The van der Waals surface area contributed by atoms with Crippen LogP contribution in [0.15, 0.2) is 84.0 Å². The molecule has 0 bridgehead atoms. The van der Waals surface area contributed by atoms with Gasteiger partial charge in [-0.1, -0.05) is 30.3 Å². The number of carbonyl (C=O) groups is 1. The van der Waals surface area contributed by atoms with Crippen LogP contribution in [0.5, 0.6) is 5.75 Å². The van der Waals surface area contributed by atoms with Crippen molar-refractivity contribution in [3.8, 4) is 5.75 Å². The van der Waals surface area contributed by atoms with Crippen molar-refractivity contribution < 1.29 is 28.1 Å². The lowest BCUT2D eigenvalue weighted by molar-refractivity contribution is -0.384. The zero-order valence-electron chi connectivity index (χ0n) is 22.4. The van der Waals surface area contributed by atoms with Gasteiger partial charge in [-0.15, -0.1) is 0 Å². The van der Waals surface area contributed by atoms with E-state index in [-0.39, 0.29) is 36.6 Å². The van der Waals surface area contributed by atoms with Crippen LogP contribution in [0.4, 0.5) is 11.4 Å². The number of nitrogens with one attached hydrogen (secondary N) is 1. The lowest BCUT2D eigenvalue weighted by Gasteiger charge is -2.31. The molecular weight excluding hydrogens is 535 g/mol. The number of hydrogen-bond acceptors (Lipinski definition) is 10. The van der Waals surface area contributed by atoms with Crippen molar-refractivity contribution in [2.45, 2.75) is 25.8 Å². The summed E-state index contributed by atoms with van der Waals surface area (Å²) < 4.78 is 30.2. The first-order valence-corrected chi connectivity index (χ1v) is 14.5. The maximum atomic E-state index is 13.9. The third kappa shape index (κ3) is 6.56. The van der Waals surface area contributed by atoms with E-state index in [4.69, 9.17) is 18.9 Å². The first kappa shape index (κ1) is 28.9. The van der Waals surface area contributed by atoms with Crippen LogP contribution in [-0.4, -0.2) is 54.1 Å². The number of methoxy groups -OCH3 is 1. The molecule has 0 saturated heterocycles. The molecule has 1 aliphatic heterocycles. The normalized spacial score (nSPS) is 16.9. The molecule has 12 heteroatoms. The maximum Gasteiger partial charge on any atom is 0.332 e. The highest BCUT2D eigenvalue weighted by Gasteiger charge is 2.46. The van der Waals surface area contributed by atoms with Crippen molar-refractivity contribution in [1.82, 2.24) is 5.12 Å². The Balaban J connectivity index is 1.79. The number of hydrogen-bond donors (Lipinski definition) is 1. The van der Waals surface area contributed by atoms with Gasteiger partial charge in [0.15, 0.2) is 0 Å². The Bertz CT molecular complexity index is 1390. The number of anilines is 1. The number of rotatable bonds is 13. The van der Waals surface area contributed by atoms with Crippen LogP contribution >= 0.6 is 7.60 Å². The van der Waals surface area contributed by atoms with E-state index in [0.29, 0.717) is 17.0 Å². The zero-order chi connectivity index (χ0) is 28.7. The van der Waals surface area contributed by atoms with Crippen LogP contribution in [0.3, 0.4) is 0 Å². The van der Waals surface area contributed by atoms with E-state index in [9.17, 15) is 19.5 Å². The average molecular weight is 567 g/mol. The summed E-state index contributed by atoms with van der Waals surface area (Å²) in [5.41, 5.74) is 5.00. The molecule has 1 aliphatic rings. The Kier molecular flexibility index (Phi) is 9.31. The van der Waals surface area contributed by atoms with Crippen LogP contribution in [0.25, 0.3) is 0 Å². The quantitative estimate of drug-likeness (QED) is 0.116. The Hall–Kier alpha value is -4.05. The number of non-ortho nitro benzene ring substituents is 1. The third-order valence-corrected chi connectivity index (χ3v) is 8.46. The monoisotopic (exact) mass is 566 g/mol. The maximum absolute atomic E-state index is 13.9. The van der Waals surface area contributed by atoms with Gasteiger partial charge in [0, 0.05) is 17.7 Å². The molecule has 1 heterocycles. The van der Waals surface area contributed by atoms with Crippen molar-refractivity contribution >= 4 is 30.5 Å². The SMILES string of the molecule is CCOP(=O)(C[C@@H]1[C@@H](c2ccccc2)C(C(=O)c2ccc(OC)cc2)=NN1Nc1ccc([N+](=O)[O-])cc1)OCC. The summed E-state index contributed by atoms with van der Waals surface area (Å²) in [7, 11) is -2.05. The van der Waals surface area contributed by atoms with Crippen LogP contribution in [-0.2, 0) is 13.6 Å². The van der Waals surface area contributed by atoms with E-state index in [1.807, 2.05) is 30.3 Å². The van der Waals surface area contributed by atoms with Crippen molar-refractivity contribution in [2.24, 2.45) is 5.10 Å². The summed E-state index contributed by atoms with van der Waals surface area (Å²) in [6.45, 7) is 3.82. The highest BCUT2D eigenvalue weighted by Crippen LogP contribution is 2.52. The van der Waals surface area contributed by atoms with Crippen LogP contribution in [0, 0.1) is 10.1 Å². The number of hydrazone groups is 1. The summed E-state index contributed by atoms with van der Waals surface area (Å²) in [5, 5.41) is 17.3. The van der Waals surface area contributed by atoms with Crippen molar-refractivity contribution in [1.29, 1.82) is 0 Å². The molecule has 0 amide bonds. The standard InChI is InChI=1S/C28H31N4O7P/c1-4-38-40(36,39-5-2)19-25-26(20-9-7-6-8-10-20)27(28(33)21-11-17-24(37-3)18-12-21)30-31(25)29-22-13-15-23(16-14-22)32(34)35/h6-18,25-26,29H,4-5,19H2,1-3H3/t25-,26-/m1/s1. The molecule has 0 spiro atoms. The van der Waals surface area contributed by atoms with Gasteiger partial charge in [0.05, 0.1) is 49.1 Å². The molecule has 2 atom stereocenters. The van der Waals surface area contributed by atoms with E-state index >= 15 is 0 Å². The molecule has 0 aliphatic carbocycles. The van der Waals surface area contributed by atoms with E-state index in [2.05, 4.69) is 5.43 Å². The van der Waals surface area contributed by atoms with Gasteiger partial charge in [0.1, 0.15) is 11.5 Å². The van der Waals surface area contributed by atoms with Gasteiger partial charge >= 0.3 is 7.60 Å². The number of ether oxygens (including phenoxy) is 1. The highest BCUT2D eigenvalue weighted by molar-refractivity contribution is 7.53. The molecule has 0 saturated carbocycles. The van der Waals surface area contributed by atoms with E-state index in [1.165, 1.54) is 29.4 Å². The minimum Gasteiger partial charge on any atom is -0.497 e. The van der Waals surface area contributed by atoms with E-state index in [0.717, 1.165) is 5.56 Å². The van der Waals surface area contributed by atoms with Crippen molar-refractivity contribution in [3.63, 3.8) is 0 Å². The summed E-state index contributed by atoms with van der Waals surface area (Å²) in [4.78, 5) is 24.5. The minimum absolute atomic E-state index is 0.0678. The van der Waals surface area contributed by atoms with E-state index in [1.54, 1.807) is 45.2 Å². The van der Waals surface area contributed by atoms with Gasteiger partial charge in [-0.3, -0.25) is 24.9 Å². The minimum atomic E-state index is -3.60. The number of benzene rings is 3. The number of nitro benzene ring substituents is 1. The van der Waals surface area contributed by atoms with Crippen LogP contribution in [0.2, 0.25) is 0 Å². The van der Waals surface area contributed by atoms with Crippen molar-refractivity contribution in [3.05, 3.63) is 100 Å². The van der Waals surface area contributed by atoms with E-state index < -0.39 is 24.5 Å². The molecule has 210 valence electrons. The van der Waals surface area contributed by atoms with Gasteiger partial charge in [-0.25, -0.2) is 5.12 Å². The third-order valence-electron chi connectivity index (χ3n) is 6.34. The van der Waals surface area contributed by atoms with Crippen molar-refractivity contribution in [2.75, 3.05) is 31.9 Å². The summed E-state index contributed by atoms with van der Waals surface area (Å²) >= 11 is 0. The lowest BCUT2D eigenvalue weighted by Crippen LogP contribution is -2.39. The number of nitrogens with zero attached hydrogens (tertiary/aromatic N) is 3. The fourth-order valence-corrected chi connectivity index (χ4v) is 6.43. The number of carbonyl (C=O) groups excluding carboxylic acids is 1. The average Bonchev–Trinajstić information content (AvgIpc) is 3.30. The molecule has 0 aromatic heterocycles. The number of ketones is 1. The lowest BCUT2D eigenvalue weighted by atomic mass is 9.85. The molecule has 40 heavy (non-hydrogen) atoms. The fraction of sp³-hybridized carbons (Fsp3) is 0.286. The number of hydrazine groups is 1. The second kappa shape index (κ2) is 12.9. The first-order valence-electron chi connectivity index (χ1n) is 12.8. The second-order valence-corrected chi connectivity index (χ2v) is 11.0. The van der Waals surface area contributed by atoms with Gasteiger partial charge in [0.2, 0.25) is 5.78 Å². The molecule has 0 fully saturated rings. The molecule has 11 nitrogen and oxygen atoms in total. The highest BCUT2D eigenvalue weighted by atomic mass is 31.2. The smallest absolute Gasteiger partial charge is 0.332 e. The van der Waals surface area contributed by atoms with Crippen LogP contribution in [0.1, 0.15) is 35.7 Å². The summed E-state index contributed by atoms with van der Waals surface area (Å²) in [6.07, 6.45) is -0.0723. The molecule has 4 rings (SSSR count). The molecule has 0 unspecified atom stereocenters. The molecular formula is C28H31N4O7P. The van der Waals surface area contributed by atoms with Gasteiger partial charge in [-0.05, 0) is 55.8 Å². The largest absolute Gasteiger partial charge is 0.497 e. The number of Topliss-reactive ketones (excluding diaryl/α,β-unsaturated/α-hetero) is 1. The Morgan fingerprint density at radius 1 is 1.00 bits per heavy atom. The summed E-state index contributed by atoms with van der Waals surface area (Å²) in [6, 6.07) is 21.2. The zero-order valence-corrected chi connectivity index (χ0v) is 23.3. The Labute approximate surface area is 232 Å². The predicted molar refractivity (Wildman–Crippen MR) is 152 cm³/mol. The topological polar surface area (TPSA) is 133 Å². The predicted octanol–water partition coefficient (Wildman–Crippen LogP) is 5.90. The molecule has 1 N–H and O–H groups in total. The molecule has 3 aromatic carbocycles. The van der Waals surface area contributed by atoms with Gasteiger partial charge in [0.25, 0.3) is 5.69 Å². The number of nitro groups is 1. The molecule has 0 radical (unpaired) electrons. The Morgan fingerprint density at radius 2 is 1.62 bits per heavy atom.